The molecule has 6 nitrogen and oxygen atoms in total. The van der Waals surface area contributed by atoms with E-state index in [0.717, 1.165) is 29.1 Å². The molecule has 4 rings (SSSR count). The summed E-state index contributed by atoms with van der Waals surface area (Å²) in [6.45, 7) is 2.86. The fourth-order valence-electron chi connectivity index (χ4n) is 3.49. The highest BCUT2D eigenvalue weighted by molar-refractivity contribution is 6.06. The Labute approximate surface area is 169 Å². The van der Waals surface area contributed by atoms with Gasteiger partial charge in [0.1, 0.15) is 17.3 Å². The number of para-hydroxylation sites is 1. The van der Waals surface area contributed by atoms with E-state index in [4.69, 9.17) is 9.15 Å². The van der Waals surface area contributed by atoms with Crippen molar-refractivity contribution in [2.24, 2.45) is 0 Å². The van der Waals surface area contributed by atoms with Crippen LogP contribution in [0.3, 0.4) is 0 Å². The first kappa shape index (κ1) is 18.8. The van der Waals surface area contributed by atoms with Crippen molar-refractivity contribution < 1.29 is 18.7 Å². The molecule has 0 unspecified atom stereocenters. The highest BCUT2D eigenvalue weighted by atomic mass is 16.5. The van der Waals surface area contributed by atoms with Crippen molar-refractivity contribution in [3.05, 3.63) is 71.5 Å². The number of amides is 2. The number of rotatable bonds is 4. The summed E-state index contributed by atoms with van der Waals surface area (Å²) in [6, 6.07) is 16.6. The van der Waals surface area contributed by atoms with Crippen LogP contribution in [0, 0.1) is 0 Å². The Bertz CT molecular complexity index is 1050. The van der Waals surface area contributed by atoms with Crippen molar-refractivity contribution in [2.75, 3.05) is 19.0 Å². The van der Waals surface area contributed by atoms with E-state index in [0.29, 0.717) is 30.1 Å². The van der Waals surface area contributed by atoms with Gasteiger partial charge in [-0.25, -0.2) is 0 Å². The van der Waals surface area contributed by atoms with E-state index in [1.165, 1.54) is 0 Å². The molecule has 2 heterocycles. The summed E-state index contributed by atoms with van der Waals surface area (Å²) >= 11 is 0. The van der Waals surface area contributed by atoms with Gasteiger partial charge in [-0.3, -0.25) is 9.59 Å². The highest BCUT2D eigenvalue weighted by Crippen LogP contribution is 2.30. The summed E-state index contributed by atoms with van der Waals surface area (Å²) in [6.07, 6.45) is 0.724. The number of carbonyl (C=O) groups is 2. The van der Waals surface area contributed by atoms with E-state index in [-0.39, 0.29) is 11.8 Å². The quantitative estimate of drug-likeness (QED) is 0.728. The fourth-order valence-corrected chi connectivity index (χ4v) is 3.49. The number of furan rings is 1. The topological polar surface area (TPSA) is 71.8 Å². The van der Waals surface area contributed by atoms with E-state index < -0.39 is 0 Å². The molecule has 0 atom stereocenters. The third-order valence-corrected chi connectivity index (χ3v) is 5.09. The lowest BCUT2D eigenvalue weighted by molar-refractivity contribution is -0.129. The molecule has 0 aliphatic carbocycles. The summed E-state index contributed by atoms with van der Waals surface area (Å²) in [5.74, 6) is 2.08. The molecule has 0 saturated heterocycles. The van der Waals surface area contributed by atoms with Crippen molar-refractivity contribution in [2.45, 2.75) is 19.9 Å². The van der Waals surface area contributed by atoms with E-state index in [2.05, 4.69) is 5.32 Å². The van der Waals surface area contributed by atoms with Gasteiger partial charge < -0.3 is 19.4 Å². The van der Waals surface area contributed by atoms with Gasteiger partial charge in [0, 0.05) is 43.2 Å². The highest BCUT2D eigenvalue weighted by Gasteiger charge is 2.22. The monoisotopic (exact) mass is 390 g/mol. The molecule has 0 bridgehead atoms. The lowest BCUT2D eigenvalue weighted by atomic mass is 10.1. The number of benzene rings is 2. The number of hydrogen-bond donors (Lipinski definition) is 1. The van der Waals surface area contributed by atoms with Crippen LogP contribution in [0.15, 0.2) is 59.0 Å². The zero-order valence-electron chi connectivity index (χ0n) is 16.4. The van der Waals surface area contributed by atoms with Gasteiger partial charge in [-0.05, 0) is 42.5 Å². The van der Waals surface area contributed by atoms with Gasteiger partial charge in [-0.2, -0.15) is 0 Å². The molecule has 1 aliphatic heterocycles. The smallest absolute Gasteiger partial charge is 0.259 e. The van der Waals surface area contributed by atoms with Crippen LogP contribution in [-0.4, -0.2) is 30.4 Å². The number of methoxy groups -OCH3 is 1. The Morgan fingerprint density at radius 3 is 2.59 bits per heavy atom. The first-order valence-corrected chi connectivity index (χ1v) is 9.47. The predicted molar refractivity (Wildman–Crippen MR) is 110 cm³/mol. The van der Waals surface area contributed by atoms with Crippen LogP contribution in [-0.2, 0) is 17.8 Å². The molecule has 0 saturated carbocycles. The van der Waals surface area contributed by atoms with Crippen LogP contribution in [0.1, 0.15) is 28.6 Å². The largest absolute Gasteiger partial charge is 0.496 e. The molecular weight excluding hydrogens is 368 g/mol. The third-order valence-electron chi connectivity index (χ3n) is 5.09. The molecule has 1 aromatic heterocycles. The van der Waals surface area contributed by atoms with Gasteiger partial charge in [-0.15, -0.1) is 0 Å². The summed E-state index contributed by atoms with van der Waals surface area (Å²) in [4.78, 5) is 25.9. The van der Waals surface area contributed by atoms with Crippen molar-refractivity contribution in [1.82, 2.24) is 4.90 Å². The van der Waals surface area contributed by atoms with Gasteiger partial charge in [-0.1, -0.05) is 12.1 Å². The van der Waals surface area contributed by atoms with Gasteiger partial charge in [0.15, 0.2) is 0 Å². The zero-order valence-corrected chi connectivity index (χ0v) is 16.4. The molecule has 1 aliphatic rings. The average molecular weight is 390 g/mol. The second-order valence-corrected chi connectivity index (χ2v) is 6.98. The number of nitrogens with zero attached hydrogens (tertiary/aromatic N) is 1. The van der Waals surface area contributed by atoms with Crippen LogP contribution in [0.2, 0.25) is 0 Å². The molecule has 6 heteroatoms. The van der Waals surface area contributed by atoms with Crippen LogP contribution in [0.25, 0.3) is 11.3 Å². The molecule has 29 heavy (non-hydrogen) atoms. The summed E-state index contributed by atoms with van der Waals surface area (Å²) in [5.41, 5.74) is 3.13. The summed E-state index contributed by atoms with van der Waals surface area (Å²) in [7, 11) is 1.54. The van der Waals surface area contributed by atoms with Crippen molar-refractivity contribution >= 4 is 17.5 Å². The average Bonchev–Trinajstić information content (AvgIpc) is 3.17. The van der Waals surface area contributed by atoms with Crippen molar-refractivity contribution in [3.8, 4) is 17.1 Å². The molecule has 0 radical (unpaired) electrons. The molecule has 148 valence electrons. The van der Waals surface area contributed by atoms with Crippen LogP contribution < -0.4 is 10.1 Å². The first-order chi connectivity index (χ1) is 14.0. The van der Waals surface area contributed by atoms with Gasteiger partial charge >= 0.3 is 0 Å². The molecule has 2 aromatic carbocycles. The second-order valence-electron chi connectivity index (χ2n) is 6.98. The minimum absolute atomic E-state index is 0.0774. The van der Waals surface area contributed by atoms with E-state index in [1.54, 1.807) is 32.2 Å². The lowest BCUT2D eigenvalue weighted by Gasteiger charge is -2.24. The van der Waals surface area contributed by atoms with Crippen molar-refractivity contribution in [1.29, 1.82) is 0 Å². The summed E-state index contributed by atoms with van der Waals surface area (Å²) in [5, 5.41) is 2.89. The Morgan fingerprint density at radius 1 is 1.10 bits per heavy atom. The van der Waals surface area contributed by atoms with Gasteiger partial charge in [0.2, 0.25) is 5.91 Å². The molecule has 1 N–H and O–H groups in total. The molecular formula is C23H22N2O4. The fraction of sp³-hybridized carbons (Fsp3) is 0.217. The SMILES string of the molecule is COc1ccccc1C(=O)Nc1ccc(-c2cc3c(o2)CCN(C(C)=O)C3)cc1. The minimum Gasteiger partial charge on any atom is -0.496 e. The number of fused-ring (bicyclic) bond motifs is 1. The van der Waals surface area contributed by atoms with E-state index >= 15 is 0 Å². The second kappa shape index (κ2) is 7.83. The minimum atomic E-state index is -0.229. The predicted octanol–water partition coefficient (Wildman–Crippen LogP) is 4.11. The standard InChI is InChI=1S/C23H22N2O4/c1-15(26)25-12-11-20-17(14-25)13-22(29-20)16-7-9-18(10-8-16)24-23(27)19-5-3-4-6-21(19)28-2/h3-10,13H,11-12,14H2,1-2H3,(H,24,27). The maximum atomic E-state index is 12.5. The maximum absolute atomic E-state index is 12.5. The van der Waals surface area contributed by atoms with Crippen LogP contribution >= 0.6 is 0 Å². The maximum Gasteiger partial charge on any atom is 0.259 e. The number of nitrogens with one attached hydrogen (secondary N) is 1. The molecule has 0 fully saturated rings. The van der Waals surface area contributed by atoms with Gasteiger partial charge in [0.25, 0.3) is 5.91 Å². The molecule has 3 aromatic rings. The normalized spacial score (nSPS) is 13.0. The number of anilines is 1. The number of ether oxygens (including phenoxy) is 1. The first-order valence-electron chi connectivity index (χ1n) is 9.47. The van der Waals surface area contributed by atoms with Gasteiger partial charge in [0.05, 0.1) is 12.7 Å². The van der Waals surface area contributed by atoms with E-state index in [1.807, 2.05) is 41.3 Å². The van der Waals surface area contributed by atoms with Crippen LogP contribution in [0.5, 0.6) is 5.75 Å². The molecule has 0 spiro atoms. The third kappa shape index (κ3) is 3.87. The molecule has 2 amide bonds. The van der Waals surface area contributed by atoms with E-state index in [9.17, 15) is 9.59 Å². The summed E-state index contributed by atoms with van der Waals surface area (Å²) < 4.78 is 11.2. The Hall–Kier alpha value is -3.54. The van der Waals surface area contributed by atoms with Crippen LogP contribution in [0.4, 0.5) is 5.69 Å². The lowest BCUT2D eigenvalue weighted by Crippen LogP contribution is -2.33. The zero-order chi connectivity index (χ0) is 20.4. The Morgan fingerprint density at radius 2 is 1.86 bits per heavy atom. The number of hydrogen-bond acceptors (Lipinski definition) is 4. The Kier molecular flexibility index (Phi) is 5.08. The van der Waals surface area contributed by atoms with Crippen molar-refractivity contribution in [3.63, 3.8) is 0 Å². The Balaban J connectivity index is 1.49. The number of carbonyl (C=O) groups excluding carboxylic acids is 2.